The third kappa shape index (κ3) is 3.72. The van der Waals surface area contributed by atoms with Crippen LogP contribution in [0.4, 0.5) is 0 Å². The Morgan fingerprint density at radius 3 is 3.00 bits per heavy atom. The van der Waals surface area contributed by atoms with Crippen LogP contribution in [-0.4, -0.2) is 6.54 Å². The van der Waals surface area contributed by atoms with Gasteiger partial charge < -0.3 is 5.32 Å². The predicted octanol–water partition coefficient (Wildman–Crippen LogP) is 4.49. The lowest BCUT2D eigenvalue weighted by atomic mass is 9.97. The minimum atomic E-state index is 0.992. The van der Waals surface area contributed by atoms with Gasteiger partial charge in [-0.25, -0.2) is 0 Å². The fourth-order valence-electron chi connectivity index (χ4n) is 2.03. The zero-order valence-electron chi connectivity index (χ0n) is 9.47. The highest BCUT2D eigenvalue weighted by Crippen LogP contribution is 2.22. The lowest BCUT2D eigenvalue weighted by Crippen LogP contribution is -2.15. The van der Waals surface area contributed by atoms with Crippen LogP contribution in [0.5, 0.6) is 0 Å². The molecule has 0 unspecified atom stereocenters. The van der Waals surface area contributed by atoms with E-state index in [4.69, 9.17) is 0 Å². The lowest BCUT2D eigenvalue weighted by Gasteiger charge is -2.12. The van der Waals surface area contributed by atoms with E-state index in [-0.39, 0.29) is 0 Å². The van der Waals surface area contributed by atoms with Crippen molar-refractivity contribution in [2.45, 2.75) is 38.6 Å². The van der Waals surface area contributed by atoms with Crippen LogP contribution in [-0.2, 0) is 6.54 Å². The summed E-state index contributed by atoms with van der Waals surface area (Å²) in [5.41, 5.74) is 1.66. The lowest BCUT2D eigenvalue weighted by molar-refractivity contribution is 0.634. The summed E-state index contributed by atoms with van der Waals surface area (Å²) >= 11 is 5.37. The number of hydrogen-bond acceptors (Lipinski definition) is 2. The van der Waals surface area contributed by atoms with E-state index in [1.807, 2.05) is 11.3 Å². The van der Waals surface area contributed by atoms with Gasteiger partial charge in [0.05, 0.1) is 0 Å². The van der Waals surface area contributed by atoms with Crippen molar-refractivity contribution in [2.75, 3.05) is 6.54 Å². The third-order valence-electron chi connectivity index (χ3n) is 2.98. The topological polar surface area (TPSA) is 12.0 Å². The second-order valence-electron chi connectivity index (χ2n) is 4.23. The van der Waals surface area contributed by atoms with Gasteiger partial charge in [0, 0.05) is 15.9 Å². The van der Waals surface area contributed by atoms with E-state index in [9.17, 15) is 0 Å². The number of thiophene rings is 1. The smallest absolute Gasteiger partial charge is 0.0327 e. The summed E-state index contributed by atoms with van der Waals surface area (Å²) in [6.45, 7) is 2.10. The van der Waals surface area contributed by atoms with E-state index >= 15 is 0 Å². The first-order valence-electron chi connectivity index (χ1n) is 5.97. The molecule has 1 aliphatic rings. The zero-order chi connectivity index (χ0) is 11.2. The van der Waals surface area contributed by atoms with Crippen molar-refractivity contribution in [3.63, 3.8) is 0 Å². The summed E-state index contributed by atoms with van der Waals surface area (Å²) in [6.07, 6.45) is 9.06. The molecule has 0 aromatic carbocycles. The molecular formula is C13H18BrNS. The van der Waals surface area contributed by atoms with Crippen LogP contribution in [0.2, 0.25) is 0 Å². The molecule has 0 fully saturated rings. The van der Waals surface area contributed by atoms with E-state index in [1.54, 1.807) is 5.57 Å². The normalized spacial score (nSPS) is 16.2. The number of allylic oxidation sites excluding steroid dienone is 1. The molecule has 0 radical (unpaired) electrons. The molecule has 0 saturated heterocycles. The van der Waals surface area contributed by atoms with Crippen LogP contribution in [0, 0.1) is 0 Å². The van der Waals surface area contributed by atoms with E-state index in [0.29, 0.717) is 0 Å². The molecule has 16 heavy (non-hydrogen) atoms. The maximum atomic E-state index is 3.55. The Bertz CT molecular complexity index is 357. The van der Waals surface area contributed by atoms with Gasteiger partial charge in [-0.2, -0.15) is 0 Å². The molecule has 1 aromatic rings. The number of halogens is 1. The average molecular weight is 300 g/mol. The second kappa shape index (κ2) is 6.58. The molecule has 1 heterocycles. The Morgan fingerprint density at radius 2 is 2.31 bits per heavy atom. The van der Waals surface area contributed by atoms with Crippen LogP contribution in [0.3, 0.4) is 0 Å². The van der Waals surface area contributed by atoms with Crippen LogP contribution in [0.15, 0.2) is 27.6 Å². The number of hydrogen-bond donors (Lipinski definition) is 1. The minimum Gasteiger partial charge on any atom is -0.311 e. The van der Waals surface area contributed by atoms with Crippen molar-refractivity contribution >= 4 is 27.3 Å². The Kier molecular flexibility index (Phi) is 5.07. The van der Waals surface area contributed by atoms with Gasteiger partial charge in [0.2, 0.25) is 0 Å². The number of rotatable bonds is 5. The van der Waals surface area contributed by atoms with Gasteiger partial charge in [-0.05, 0) is 66.0 Å². The summed E-state index contributed by atoms with van der Waals surface area (Å²) in [7, 11) is 0. The average Bonchev–Trinajstić information content (AvgIpc) is 2.72. The summed E-state index contributed by atoms with van der Waals surface area (Å²) < 4.78 is 1.24. The summed E-state index contributed by atoms with van der Waals surface area (Å²) in [4.78, 5) is 1.40. The summed E-state index contributed by atoms with van der Waals surface area (Å²) in [5.74, 6) is 0. The molecule has 1 nitrogen and oxygen atoms in total. The van der Waals surface area contributed by atoms with Crippen molar-refractivity contribution in [1.82, 2.24) is 5.32 Å². The van der Waals surface area contributed by atoms with Crippen molar-refractivity contribution < 1.29 is 0 Å². The molecule has 0 aliphatic heterocycles. The Hall–Kier alpha value is -0.120. The molecule has 1 N–H and O–H groups in total. The van der Waals surface area contributed by atoms with Crippen molar-refractivity contribution in [2.24, 2.45) is 0 Å². The summed E-state index contributed by atoms with van der Waals surface area (Å²) in [6, 6.07) is 2.12. The molecule has 2 rings (SSSR count). The molecule has 0 saturated carbocycles. The highest BCUT2D eigenvalue weighted by atomic mass is 79.9. The maximum absolute atomic E-state index is 3.55. The number of nitrogens with one attached hydrogen (secondary N) is 1. The van der Waals surface area contributed by atoms with Gasteiger partial charge in [0.15, 0.2) is 0 Å². The van der Waals surface area contributed by atoms with Crippen LogP contribution in [0.1, 0.15) is 37.0 Å². The summed E-state index contributed by atoms with van der Waals surface area (Å²) in [5, 5.41) is 5.65. The molecule has 1 aliphatic carbocycles. The van der Waals surface area contributed by atoms with Crippen LogP contribution in [0.25, 0.3) is 0 Å². The SMILES string of the molecule is Brc1ccsc1CNCCC1=CCCCC1. The largest absolute Gasteiger partial charge is 0.311 e. The van der Waals surface area contributed by atoms with Gasteiger partial charge in [0.1, 0.15) is 0 Å². The van der Waals surface area contributed by atoms with Crippen molar-refractivity contribution in [1.29, 1.82) is 0 Å². The van der Waals surface area contributed by atoms with Crippen molar-refractivity contribution in [3.05, 3.63) is 32.4 Å². The monoisotopic (exact) mass is 299 g/mol. The fraction of sp³-hybridized carbons (Fsp3) is 0.538. The molecule has 0 amide bonds. The molecule has 1 aromatic heterocycles. The quantitative estimate of drug-likeness (QED) is 0.624. The molecular weight excluding hydrogens is 282 g/mol. The van der Waals surface area contributed by atoms with Crippen LogP contribution >= 0.6 is 27.3 Å². The van der Waals surface area contributed by atoms with E-state index in [2.05, 4.69) is 38.8 Å². The Labute approximate surface area is 110 Å². The standard InChI is InChI=1S/C13H18BrNS/c14-12-7-9-16-13(12)10-15-8-6-11-4-2-1-3-5-11/h4,7,9,15H,1-3,5-6,8,10H2. The van der Waals surface area contributed by atoms with E-state index in [0.717, 1.165) is 13.1 Å². The van der Waals surface area contributed by atoms with E-state index in [1.165, 1.54) is 41.5 Å². The molecule has 0 bridgehead atoms. The molecule has 3 heteroatoms. The first kappa shape index (κ1) is 12.3. The zero-order valence-corrected chi connectivity index (χ0v) is 11.9. The second-order valence-corrected chi connectivity index (χ2v) is 6.08. The Balaban J connectivity index is 1.65. The fourth-order valence-corrected chi connectivity index (χ4v) is 3.50. The highest BCUT2D eigenvalue weighted by molar-refractivity contribution is 9.10. The van der Waals surface area contributed by atoms with Gasteiger partial charge in [-0.15, -0.1) is 11.3 Å². The Morgan fingerprint density at radius 1 is 1.38 bits per heavy atom. The van der Waals surface area contributed by atoms with Gasteiger partial charge in [0.25, 0.3) is 0 Å². The maximum Gasteiger partial charge on any atom is 0.0327 e. The predicted molar refractivity (Wildman–Crippen MR) is 74.9 cm³/mol. The third-order valence-corrected chi connectivity index (χ3v) is 4.91. The molecule has 88 valence electrons. The highest BCUT2D eigenvalue weighted by Gasteiger charge is 2.04. The minimum absolute atomic E-state index is 0.992. The van der Waals surface area contributed by atoms with Gasteiger partial charge >= 0.3 is 0 Å². The van der Waals surface area contributed by atoms with Crippen LogP contribution < -0.4 is 5.32 Å². The molecule has 0 atom stereocenters. The van der Waals surface area contributed by atoms with Gasteiger partial charge in [-0.3, -0.25) is 0 Å². The van der Waals surface area contributed by atoms with Crippen molar-refractivity contribution in [3.8, 4) is 0 Å². The molecule has 0 spiro atoms. The van der Waals surface area contributed by atoms with Gasteiger partial charge in [-0.1, -0.05) is 11.6 Å². The first-order valence-corrected chi connectivity index (χ1v) is 7.64. The first-order chi connectivity index (χ1) is 7.86. The van der Waals surface area contributed by atoms with E-state index < -0.39 is 0 Å².